The number of amides is 2. The van der Waals surface area contributed by atoms with Gasteiger partial charge in [0.25, 0.3) is 11.8 Å². The van der Waals surface area contributed by atoms with Gasteiger partial charge in [0.05, 0.1) is 6.20 Å². The predicted octanol–water partition coefficient (Wildman–Crippen LogP) is 4.78. The second-order valence-corrected chi connectivity index (χ2v) is 10.6. The molecular formula is C29H40N6O5. The van der Waals surface area contributed by atoms with Gasteiger partial charge in [-0.1, -0.05) is 39.8 Å². The van der Waals surface area contributed by atoms with Crippen molar-refractivity contribution >= 4 is 17.8 Å². The third-order valence-electron chi connectivity index (χ3n) is 6.31. The second-order valence-electron chi connectivity index (χ2n) is 10.6. The molecular weight excluding hydrogens is 512 g/mol. The fourth-order valence-electron chi connectivity index (χ4n) is 4.03. The summed E-state index contributed by atoms with van der Waals surface area (Å²) in [5.41, 5.74) is 0.496. The molecule has 2 amide bonds. The molecule has 11 nitrogen and oxygen atoms in total. The average molecular weight is 553 g/mol. The molecule has 0 bridgehead atoms. The van der Waals surface area contributed by atoms with Crippen molar-refractivity contribution < 1.29 is 23.5 Å². The molecule has 0 saturated heterocycles. The molecule has 40 heavy (non-hydrogen) atoms. The van der Waals surface area contributed by atoms with Gasteiger partial charge in [0.1, 0.15) is 12.1 Å². The first kappa shape index (κ1) is 30.5. The van der Waals surface area contributed by atoms with E-state index in [0.29, 0.717) is 11.1 Å². The van der Waals surface area contributed by atoms with Crippen LogP contribution in [0, 0.1) is 0 Å². The Morgan fingerprint density at radius 1 is 0.950 bits per heavy atom. The lowest BCUT2D eigenvalue weighted by molar-refractivity contribution is -0.155. The lowest BCUT2D eigenvalue weighted by Crippen LogP contribution is -2.36. The van der Waals surface area contributed by atoms with E-state index in [-0.39, 0.29) is 47.8 Å². The van der Waals surface area contributed by atoms with Gasteiger partial charge < -0.3 is 19.8 Å². The minimum atomic E-state index is -0.688. The van der Waals surface area contributed by atoms with Crippen LogP contribution in [0.5, 0.6) is 0 Å². The molecule has 0 aliphatic rings. The molecule has 0 fully saturated rings. The van der Waals surface area contributed by atoms with Crippen molar-refractivity contribution in [1.29, 1.82) is 0 Å². The van der Waals surface area contributed by atoms with Crippen LogP contribution in [0.2, 0.25) is 0 Å². The average Bonchev–Trinajstić information content (AvgIpc) is 3.57. The van der Waals surface area contributed by atoms with Crippen molar-refractivity contribution in [3.8, 4) is 22.8 Å². The standard InChI is InChI=1S/C29H40N6O5/c1-8-20(9-2)31-26(37)22-16-30-28(39-22)19-14-12-13-18(15-19)24-33-25(27(38)32-21(10-3)11-4)35(34-24)17-23(36)40-29(5,6)7/h12-16,20-21H,8-11,17H2,1-7H3,(H,31,37)(H,32,38). The van der Waals surface area contributed by atoms with Gasteiger partial charge in [-0.05, 0) is 58.6 Å². The van der Waals surface area contributed by atoms with E-state index >= 15 is 0 Å². The smallest absolute Gasteiger partial charge is 0.328 e. The molecule has 0 aliphatic heterocycles. The molecule has 216 valence electrons. The number of ether oxygens (including phenoxy) is 1. The van der Waals surface area contributed by atoms with E-state index in [0.717, 1.165) is 25.7 Å². The predicted molar refractivity (Wildman–Crippen MR) is 150 cm³/mol. The van der Waals surface area contributed by atoms with Gasteiger partial charge >= 0.3 is 5.97 Å². The van der Waals surface area contributed by atoms with Crippen LogP contribution in [0.1, 0.15) is 95.3 Å². The summed E-state index contributed by atoms with van der Waals surface area (Å²) in [4.78, 5) is 47.0. The SMILES string of the molecule is CCC(CC)NC(=O)c1cnc(-c2cccc(-c3nc(C(=O)NC(CC)CC)n(CC(=O)OC(C)(C)C)n3)c2)o1. The first-order chi connectivity index (χ1) is 19.0. The number of hydrogen-bond acceptors (Lipinski definition) is 8. The highest BCUT2D eigenvalue weighted by atomic mass is 16.6. The Morgan fingerprint density at radius 3 is 2.15 bits per heavy atom. The zero-order valence-electron chi connectivity index (χ0n) is 24.4. The summed E-state index contributed by atoms with van der Waals surface area (Å²) >= 11 is 0. The molecule has 2 aromatic heterocycles. The summed E-state index contributed by atoms with van der Waals surface area (Å²) in [6.07, 6.45) is 4.54. The Bertz CT molecular complexity index is 1310. The molecule has 2 N–H and O–H groups in total. The highest BCUT2D eigenvalue weighted by molar-refractivity contribution is 5.92. The first-order valence-corrected chi connectivity index (χ1v) is 13.8. The maximum atomic E-state index is 13.1. The van der Waals surface area contributed by atoms with Gasteiger partial charge in [-0.2, -0.15) is 0 Å². The van der Waals surface area contributed by atoms with Crippen LogP contribution in [-0.4, -0.2) is 55.2 Å². The number of nitrogens with zero attached hydrogens (tertiary/aromatic N) is 4. The zero-order chi connectivity index (χ0) is 29.4. The molecule has 11 heteroatoms. The number of carbonyl (C=O) groups is 3. The van der Waals surface area contributed by atoms with E-state index in [4.69, 9.17) is 9.15 Å². The van der Waals surface area contributed by atoms with Crippen LogP contribution in [0.3, 0.4) is 0 Å². The minimum Gasteiger partial charge on any atom is -0.459 e. The van der Waals surface area contributed by atoms with Gasteiger partial charge in [0.2, 0.25) is 17.5 Å². The first-order valence-electron chi connectivity index (χ1n) is 13.8. The molecule has 1 aromatic carbocycles. The van der Waals surface area contributed by atoms with E-state index < -0.39 is 17.5 Å². The van der Waals surface area contributed by atoms with E-state index in [1.807, 2.05) is 27.7 Å². The topological polar surface area (TPSA) is 141 Å². The summed E-state index contributed by atoms with van der Waals surface area (Å²) in [6, 6.07) is 7.12. The zero-order valence-corrected chi connectivity index (χ0v) is 24.4. The molecule has 3 rings (SSSR count). The summed E-state index contributed by atoms with van der Waals surface area (Å²) in [5, 5.41) is 10.4. The number of hydrogen-bond donors (Lipinski definition) is 2. The van der Waals surface area contributed by atoms with Gasteiger partial charge in [-0.15, -0.1) is 5.10 Å². The van der Waals surface area contributed by atoms with Crippen LogP contribution in [0.25, 0.3) is 22.8 Å². The largest absolute Gasteiger partial charge is 0.459 e. The Balaban J connectivity index is 1.92. The van der Waals surface area contributed by atoms with Crippen molar-refractivity contribution in [2.75, 3.05) is 0 Å². The van der Waals surface area contributed by atoms with E-state index in [9.17, 15) is 14.4 Å². The summed E-state index contributed by atoms with van der Waals surface area (Å²) in [5.74, 6) is -0.641. The van der Waals surface area contributed by atoms with Crippen molar-refractivity contribution in [1.82, 2.24) is 30.4 Å². The van der Waals surface area contributed by atoms with Crippen molar-refractivity contribution in [2.45, 2.75) is 98.4 Å². The van der Waals surface area contributed by atoms with Crippen LogP contribution in [0.15, 0.2) is 34.9 Å². The quantitative estimate of drug-likeness (QED) is 0.306. The van der Waals surface area contributed by atoms with Gasteiger partial charge in [-0.3, -0.25) is 14.4 Å². The molecule has 0 radical (unpaired) electrons. The second kappa shape index (κ2) is 13.4. The molecule has 0 atom stereocenters. The van der Waals surface area contributed by atoms with Gasteiger partial charge in [0, 0.05) is 23.2 Å². The number of aromatic nitrogens is 4. The number of benzene rings is 1. The van der Waals surface area contributed by atoms with E-state index in [1.54, 1.807) is 45.0 Å². The number of esters is 1. The maximum Gasteiger partial charge on any atom is 0.328 e. The maximum absolute atomic E-state index is 13.1. The van der Waals surface area contributed by atoms with Crippen molar-refractivity contribution in [3.63, 3.8) is 0 Å². The monoisotopic (exact) mass is 552 g/mol. The Morgan fingerprint density at radius 2 is 1.55 bits per heavy atom. The highest BCUT2D eigenvalue weighted by Crippen LogP contribution is 2.25. The number of rotatable bonds is 12. The van der Waals surface area contributed by atoms with Crippen molar-refractivity contribution in [2.24, 2.45) is 0 Å². The Labute approximate surface area is 235 Å². The molecule has 3 aromatic rings. The molecule has 0 saturated carbocycles. The fourth-order valence-corrected chi connectivity index (χ4v) is 4.03. The number of oxazole rings is 1. The summed E-state index contributed by atoms with van der Waals surface area (Å²) < 4.78 is 12.5. The van der Waals surface area contributed by atoms with Gasteiger partial charge in [-0.25, -0.2) is 14.6 Å². The third-order valence-corrected chi connectivity index (χ3v) is 6.31. The van der Waals surface area contributed by atoms with Gasteiger partial charge in [0.15, 0.2) is 5.82 Å². The third kappa shape index (κ3) is 8.00. The summed E-state index contributed by atoms with van der Waals surface area (Å²) in [6.45, 7) is 13.0. The van der Waals surface area contributed by atoms with Crippen LogP contribution in [0.4, 0.5) is 0 Å². The van der Waals surface area contributed by atoms with E-state index in [2.05, 4.69) is 25.7 Å². The van der Waals surface area contributed by atoms with Crippen LogP contribution >= 0.6 is 0 Å². The lowest BCUT2D eigenvalue weighted by atomic mass is 10.1. The summed E-state index contributed by atoms with van der Waals surface area (Å²) in [7, 11) is 0. The number of carbonyl (C=O) groups excluding carboxylic acids is 3. The highest BCUT2D eigenvalue weighted by Gasteiger charge is 2.25. The van der Waals surface area contributed by atoms with Crippen LogP contribution in [-0.2, 0) is 16.1 Å². The minimum absolute atomic E-state index is 0.00893. The normalized spacial score (nSPS) is 11.6. The fraction of sp³-hybridized carbons (Fsp3) is 0.517. The Hall–Kier alpha value is -4.02. The molecule has 0 spiro atoms. The Kier molecular flexibility index (Phi) is 10.2. The molecule has 0 unspecified atom stereocenters. The number of nitrogens with one attached hydrogen (secondary N) is 2. The van der Waals surface area contributed by atoms with Crippen molar-refractivity contribution in [3.05, 3.63) is 42.0 Å². The molecule has 2 heterocycles. The molecule has 0 aliphatic carbocycles. The van der Waals surface area contributed by atoms with E-state index in [1.165, 1.54) is 10.9 Å². The van der Waals surface area contributed by atoms with Crippen LogP contribution < -0.4 is 10.6 Å². The lowest BCUT2D eigenvalue weighted by Gasteiger charge is -2.19.